The molecule has 2 heteroatoms. The summed E-state index contributed by atoms with van der Waals surface area (Å²) in [5.41, 5.74) is 0.428. The lowest BCUT2D eigenvalue weighted by molar-refractivity contribution is 0.0217. The maximum Gasteiger partial charge on any atom is 0.0334 e. The van der Waals surface area contributed by atoms with Crippen molar-refractivity contribution >= 4 is 0 Å². The van der Waals surface area contributed by atoms with Gasteiger partial charge in [0.25, 0.3) is 0 Å². The monoisotopic (exact) mass is 252 g/mol. The van der Waals surface area contributed by atoms with Gasteiger partial charge < -0.3 is 5.32 Å². The number of hydrogen-bond donors (Lipinski definition) is 1. The van der Waals surface area contributed by atoms with Gasteiger partial charge in [0.15, 0.2) is 0 Å². The van der Waals surface area contributed by atoms with Crippen molar-refractivity contribution in [3.63, 3.8) is 0 Å². The Morgan fingerprint density at radius 1 is 1.17 bits per heavy atom. The van der Waals surface area contributed by atoms with Gasteiger partial charge in [0.05, 0.1) is 0 Å². The van der Waals surface area contributed by atoms with Crippen molar-refractivity contribution in [1.82, 2.24) is 10.2 Å². The van der Waals surface area contributed by atoms with Gasteiger partial charge in [-0.2, -0.15) is 0 Å². The molecule has 0 spiro atoms. The number of nitrogens with one attached hydrogen (secondary N) is 1. The summed E-state index contributed by atoms with van der Waals surface area (Å²) in [6.07, 6.45) is 4.21. The Morgan fingerprint density at radius 3 is 2.33 bits per heavy atom. The second kappa shape index (κ2) is 5.50. The molecule has 1 aliphatic heterocycles. The molecule has 0 bridgehead atoms. The molecule has 2 atom stereocenters. The highest BCUT2D eigenvalue weighted by Crippen LogP contribution is 2.44. The molecule has 2 nitrogen and oxygen atoms in total. The Balaban J connectivity index is 2.00. The lowest BCUT2D eigenvalue weighted by Crippen LogP contribution is -2.65. The Morgan fingerprint density at radius 2 is 1.83 bits per heavy atom. The highest BCUT2D eigenvalue weighted by molar-refractivity contribution is 5.05. The predicted octanol–water partition coefficient (Wildman–Crippen LogP) is 3.13. The summed E-state index contributed by atoms with van der Waals surface area (Å²) >= 11 is 0. The predicted molar refractivity (Wildman–Crippen MR) is 78.8 cm³/mol. The van der Waals surface area contributed by atoms with Gasteiger partial charge in [-0.25, -0.2) is 0 Å². The fourth-order valence-electron chi connectivity index (χ4n) is 3.56. The number of rotatable bonds is 5. The first-order valence-corrected chi connectivity index (χ1v) is 7.90. The van der Waals surface area contributed by atoms with Crippen molar-refractivity contribution in [3.05, 3.63) is 0 Å². The van der Waals surface area contributed by atoms with Crippen molar-refractivity contribution in [3.8, 4) is 0 Å². The second-order valence-electron chi connectivity index (χ2n) is 7.64. The summed E-state index contributed by atoms with van der Waals surface area (Å²) < 4.78 is 0. The molecule has 2 unspecified atom stereocenters. The third-order valence-electron chi connectivity index (χ3n) is 4.71. The zero-order valence-corrected chi connectivity index (χ0v) is 13.0. The van der Waals surface area contributed by atoms with E-state index in [1.807, 2.05) is 0 Å². The largest absolute Gasteiger partial charge is 0.311 e. The normalized spacial score (nSPS) is 34.5. The average Bonchev–Trinajstić information content (AvgIpc) is 3.05. The molecular formula is C16H32N2. The molecule has 0 radical (unpaired) electrons. The van der Waals surface area contributed by atoms with Crippen LogP contribution in [0.25, 0.3) is 0 Å². The molecule has 106 valence electrons. The quantitative estimate of drug-likeness (QED) is 0.809. The smallest absolute Gasteiger partial charge is 0.0334 e. The second-order valence-corrected chi connectivity index (χ2v) is 7.64. The van der Waals surface area contributed by atoms with Crippen molar-refractivity contribution in [2.45, 2.75) is 65.5 Å². The van der Waals surface area contributed by atoms with Crippen LogP contribution in [-0.2, 0) is 0 Å². The van der Waals surface area contributed by atoms with Crippen LogP contribution in [-0.4, -0.2) is 36.1 Å². The van der Waals surface area contributed by atoms with Crippen LogP contribution < -0.4 is 5.32 Å². The van der Waals surface area contributed by atoms with Gasteiger partial charge in [0.2, 0.25) is 0 Å². The number of hydrogen-bond acceptors (Lipinski definition) is 2. The van der Waals surface area contributed by atoms with Gasteiger partial charge in [-0.3, -0.25) is 4.90 Å². The van der Waals surface area contributed by atoms with Gasteiger partial charge in [-0.05, 0) is 43.9 Å². The van der Waals surface area contributed by atoms with E-state index < -0.39 is 0 Å². The molecule has 2 aliphatic rings. The highest BCUT2D eigenvalue weighted by Gasteiger charge is 2.48. The summed E-state index contributed by atoms with van der Waals surface area (Å²) in [6.45, 7) is 15.6. The lowest BCUT2D eigenvalue weighted by Gasteiger charge is -2.49. The summed E-state index contributed by atoms with van der Waals surface area (Å²) in [4.78, 5) is 2.80. The molecule has 2 rings (SSSR count). The molecule has 0 aromatic rings. The van der Waals surface area contributed by atoms with Crippen LogP contribution in [0.4, 0.5) is 0 Å². The molecule has 0 aromatic heterocycles. The van der Waals surface area contributed by atoms with Crippen LogP contribution in [0.5, 0.6) is 0 Å². The minimum atomic E-state index is 0.428. The van der Waals surface area contributed by atoms with E-state index in [-0.39, 0.29) is 0 Å². The molecule has 1 aliphatic carbocycles. The van der Waals surface area contributed by atoms with Crippen molar-refractivity contribution in [1.29, 1.82) is 0 Å². The number of piperazine rings is 1. The lowest BCUT2D eigenvalue weighted by atomic mass is 9.87. The summed E-state index contributed by atoms with van der Waals surface area (Å²) in [5.74, 6) is 2.53. The molecule has 1 saturated carbocycles. The molecule has 1 heterocycles. The van der Waals surface area contributed by atoms with Crippen LogP contribution >= 0.6 is 0 Å². The molecule has 0 aromatic carbocycles. The Kier molecular flexibility index (Phi) is 4.38. The fourth-order valence-corrected chi connectivity index (χ4v) is 3.56. The van der Waals surface area contributed by atoms with Gasteiger partial charge in [-0.15, -0.1) is 0 Å². The maximum absolute atomic E-state index is 3.82. The van der Waals surface area contributed by atoms with Crippen LogP contribution in [0.1, 0.15) is 53.9 Å². The van der Waals surface area contributed by atoms with E-state index in [1.165, 1.54) is 38.9 Å². The van der Waals surface area contributed by atoms with E-state index in [1.54, 1.807) is 0 Å². The van der Waals surface area contributed by atoms with Crippen LogP contribution in [0.3, 0.4) is 0 Å². The van der Waals surface area contributed by atoms with Gasteiger partial charge in [0, 0.05) is 31.2 Å². The third-order valence-corrected chi connectivity index (χ3v) is 4.71. The maximum atomic E-state index is 3.82. The standard InChI is InChI=1S/C16H32N2/c1-12(2)8-15-10-18(9-13(3)4)16(5,11-17-15)14-6-7-14/h12-15,17H,6-11H2,1-5H3. The van der Waals surface area contributed by atoms with E-state index in [0.717, 1.165) is 17.8 Å². The van der Waals surface area contributed by atoms with E-state index in [0.29, 0.717) is 11.6 Å². The minimum absolute atomic E-state index is 0.428. The third kappa shape index (κ3) is 3.27. The SMILES string of the molecule is CC(C)CC1CN(CC(C)C)C(C)(C2CC2)CN1. The zero-order chi connectivity index (χ0) is 13.3. The minimum Gasteiger partial charge on any atom is -0.311 e. The van der Waals surface area contributed by atoms with Crippen molar-refractivity contribution in [2.24, 2.45) is 17.8 Å². The Hall–Kier alpha value is -0.0800. The molecule has 0 amide bonds. The topological polar surface area (TPSA) is 15.3 Å². The van der Waals surface area contributed by atoms with Gasteiger partial charge in [0.1, 0.15) is 0 Å². The molecular weight excluding hydrogens is 220 g/mol. The number of nitrogens with zero attached hydrogens (tertiary/aromatic N) is 1. The fraction of sp³-hybridized carbons (Fsp3) is 1.00. The molecule has 18 heavy (non-hydrogen) atoms. The van der Waals surface area contributed by atoms with Crippen LogP contribution in [0.15, 0.2) is 0 Å². The Labute approximate surface area is 114 Å². The van der Waals surface area contributed by atoms with Gasteiger partial charge in [-0.1, -0.05) is 27.7 Å². The summed E-state index contributed by atoms with van der Waals surface area (Å²) in [6, 6.07) is 0.704. The first kappa shape index (κ1) is 14.3. The van der Waals surface area contributed by atoms with E-state index in [2.05, 4.69) is 44.8 Å². The average molecular weight is 252 g/mol. The highest BCUT2D eigenvalue weighted by atomic mass is 15.3. The molecule has 1 N–H and O–H groups in total. The van der Waals surface area contributed by atoms with Gasteiger partial charge >= 0.3 is 0 Å². The van der Waals surface area contributed by atoms with E-state index in [9.17, 15) is 0 Å². The van der Waals surface area contributed by atoms with Crippen molar-refractivity contribution in [2.75, 3.05) is 19.6 Å². The van der Waals surface area contributed by atoms with Crippen LogP contribution in [0.2, 0.25) is 0 Å². The Bertz CT molecular complexity index is 270. The zero-order valence-electron chi connectivity index (χ0n) is 13.0. The molecule has 1 saturated heterocycles. The molecule has 2 fully saturated rings. The first-order valence-electron chi connectivity index (χ1n) is 7.90. The van der Waals surface area contributed by atoms with Crippen molar-refractivity contribution < 1.29 is 0 Å². The summed E-state index contributed by atoms with van der Waals surface area (Å²) in [5, 5.41) is 3.82. The van der Waals surface area contributed by atoms with E-state index >= 15 is 0 Å². The first-order chi connectivity index (χ1) is 8.41. The van der Waals surface area contributed by atoms with E-state index in [4.69, 9.17) is 0 Å². The summed E-state index contributed by atoms with van der Waals surface area (Å²) in [7, 11) is 0. The van der Waals surface area contributed by atoms with Crippen LogP contribution in [0, 0.1) is 17.8 Å².